The third-order valence-electron chi connectivity index (χ3n) is 2.36. The highest BCUT2D eigenvalue weighted by Gasteiger charge is 2.31. The first kappa shape index (κ1) is 14.0. The van der Waals surface area contributed by atoms with Crippen LogP contribution in [0.4, 0.5) is 13.2 Å². The molecule has 0 saturated heterocycles. The number of H-pyrrole nitrogens is 1. The van der Waals surface area contributed by atoms with Gasteiger partial charge in [-0.1, -0.05) is 0 Å². The lowest BCUT2D eigenvalue weighted by Crippen LogP contribution is -2.11. The summed E-state index contributed by atoms with van der Waals surface area (Å²) in [5.74, 6) is 0. The molecule has 0 aliphatic carbocycles. The first-order chi connectivity index (χ1) is 8.79. The number of benzene rings is 1. The van der Waals surface area contributed by atoms with Crippen LogP contribution in [0.3, 0.4) is 0 Å². The van der Waals surface area contributed by atoms with Crippen LogP contribution in [0.2, 0.25) is 0 Å². The van der Waals surface area contributed by atoms with Crippen LogP contribution >= 0.6 is 28.1 Å². The molecule has 2 rings (SSSR count). The smallest absolute Gasteiger partial charge is 0.299 e. The minimum Gasteiger partial charge on any atom is -0.299 e. The van der Waals surface area contributed by atoms with Gasteiger partial charge in [0, 0.05) is 16.7 Å². The van der Waals surface area contributed by atoms with Crippen molar-refractivity contribution in [3.8, 4) is 5.69 Å². The summed E-state index contributed by atoms with van der Waals surface area (Å²) in [6.07, 6.45) is -3.12. The molecule has 19 heavy (non-hydrogen) atoms. The maximum atomic E-state index is 12.7. The maximum absolute atomic E-state index is 12.7. The number of alkyl halides is 3. The Balaban J connectivity index is 2.68. The van der Waals surface area contributed by atoms with E-state index < -0.39 is 17.3 Å². The van der Waals surface area contributed by atoms with Crippen molar-refractivity contribution in [2.24, 2.45) is 0 Å². The van der Waals surface area contributed by atoms with E-state index in [-0.39, 0.29) is 10.5 Å². The number of nitrogens with one attached hydrogen (secondary N) is 1. The fourth-order valence-corrected chi connectivity index (χ4v) is 2.18. The summed E-state index contributed by atoms with van der Waals surface area (Å²) in [7, 11) is 0. The van der Waals surface area contributed by atoms with Gasteiger partial charge in [-0.15, -0.1) is 0 Å². The molecule has 1 N–H and O–H groups in total. The van der Waals surface area contributed by atoms with Crippen molar-refractivity contribution in [2.75, 3.05) is 0 Å². The van der Waals surface area contributed by atoms with Gasteiger partial charge in [0.05, 0.1) is 11.3 Å². The molecular weight excluding hydrogens is 345 g/mol. The number of rotatable bonds is 1. The summed E-state index contributed by atoms with van der Waals surface area (Å²) in [5.41, 5.74) is -1.00. The third kappa shape index (κ3) is 2.95. The van der Waals surface area contributed by atoms with Gasteiger partial charge in [0.1, 0.15) is 0 Å². The molecule has 100 valence electrons. The van der Waals surface area contributed by atoms with Crippen LogP contribution < -0.4 is 5.56 Å². The van der Waals surface area contributed by atoms with Gasteiger partial charge in [-0.2, -0.15) is 13.2 Å². The van der Waals surface area contributed by atoms with Gasteiger partial charge in [0.2, 0.25) is 0 Å². The predicted molar refractivity (Wildman–Crippen MR) is 69.9 cm³/mol. The van der Waals surface area contributed by atoms with Gasteiger partial charge >= 0.3 is 6.18 Å². The zero-order chi connectivity index (χ0) is 14.2. The largest absolute Gasteiger partial charge is 0.416 e. The number of hydrogen-bond acceptors (Lipinski definition) is 2. The molecule has 2 aromatic rings. The molecule has 0 fully saturated rings. The first-order valence-corrected chi connectivity index (χ1v) is 6.18. The Morgan fingerprint density at radius 2 is 1.95 bits per heavy atom. The molecule has 0 aliphatic rings. The SMILES string of the molecule is O=c1ccn(-c2cc(C(F)(F)F)ccc2Br)c(=S)[nH]1. The van der Waals surface area contributed by atoms with E-state index in [1.165, 1.54) is 22.9 Å². The molecule has 3 nitrogen and oxygen atoms in total. The third-order valence-corrected chi connectivity index (χ3v) is 3.33. The molecule has 8 heteroatoms. The number of nitrogens with zero attached hydrogens (tertiary/aromatic N) is 1. The van der Waals surface area contributed by atoms with E-state index in [2.05, 4.69) is 20.9 Å². The fourth-order valence-electron chi connectivity index (χ4n) is 1.48. The predicted octanol–water partition coefficient (Wildman–Crippen LogP) is 3.68. The molecule has 0 radical (unpaired) electrons. The second kappa shape index (κ2) is 4.93. The summed E-state index contributed by atoms with van der Waals surface area (Å²) in [6, 6.07) is 4.38. The molecule has 0 saturated carbocycles. The number of hydrogen-bond donors (Lipinski definition) is 1. The van der Waals surface area contributed by atoms with Gasteiger partial charge in [-0.3, -0.25) is 14.3 Å². The molecule has 0 bridgehead atoms. The minimum absolute atomic E-state index is 0.0209. The Bertz CT molecular complexity index is 736. The lowest BCUT2D eigenvalue weighted by Gasteiger charge is -2.12. The van der Waals surface area contributed by atoms with E-state index in [0.29, 0.717) is 4.47 Å². The number of aromatic nitrogens is 2. The Morgan fingerprint density at radius 1 is 1.26 bits per heavy atom. The van der Waals surface area contributed by atoms with Crippen LogP contribution in [0, 0.1) is 4.77 Å². The highest BCUT2D eigenvalue weighted by Crippen LogP contribution is 2.33. The number of halogens is 4. The van der Waals surface area contributed by atoms with Crippen molar-refractivity contribution in [3.05, 3.63) is 55.6 Å². The molecule has 1 aromatic heterocycles. The normalized spacial score (nSPS) is 11.6. The standard InChI is InChI=1S/C11H6BrF3N2OS/c12-7-2-1-6(11(13,14)15)5-8(7)17-4-3-9(18)16-10(17)19/h1-5H,(H,16,18,19). The van der Waals surface area contributed by atoms with Crippen molar-refractivity contribution >= 4 is 28.1 Å². The van der Waals surface area contributed by atoms with Crippen LogP contribution in [0.1, 0.15) is 5.56 Å². The van der Waals surface area contributed by atoms with Crippen LogP contribution in [0.5, 0.6) is 0 Å². The zero-order valence-electron chi connectivity index (χ0n) is 9.16. The maximum Gasteiger partial charge on any atom is 0.416 e. The van der Waals surface area contributed by atoms with E-state index in [9.17, 15) is 18.0 Å². The van der Waals surface area contributed by atoms with Crippen molar-refractivity contribution in [3.63, 3.8) is 0 Å². The van der Waals surface area contributed by atoms with Crippen LogP contribution in [-0.4, -0.2) is 9.55 Å². The Kier molecular flexibility index (Phi) is 3.64. The van der Waals surface area contributed by atoms with Crippen LogP contribution in [0.25, 0.3) is 5.69 Å². The molecule has 0 amide bonds. The van der Waals surface area contributed by atoms with Gasteiger partial charge in [0.25, 0.3) is 5.56 Å². The van der Waals surface area contributed by atoms with Crippen molar-refractivity contribution in [1.29, 1.82) is 0 Å². The van der Waals surface area contributed by atoms with Gasteiger partial charge in [-0.25, -0.2) is 0 Å². The quantitative estimate of drug-likeness (QED) is 0.796. The molecule has 1 aromatic carbocycles. The highest BCUT2D eigenvalue weighted by atomic mass is 79.9. The fraction of sp³-hybridized carbons (Fsp3) is 0.0909. The summed E-state index contributed by atoms with van der Waals surface area (Å²) >= 11 is 8.08. The van der Waals surface area contributed by atoms with Crippen LogP contribution in [0.15, 0.2) is 39.7 Å². The molecule has 1 heterocycles. The zero-order valence-corrected chi connectivity index (χ0v) is 11.6. The molecule has 0 unspecified atom stereocenters. The van der Waals surface area contributed by atoms with E-state index in [1.807, 2.05) is 0 Å². The summed E-state index contributed by atoms with van der Waals surface area (Å²) < 4.78 is 39.8. The first-order valence-electron chi connectivity index (χ1n) is 4.98. The van der Waals surface area contributed by atoms with Gasteiger partial charge in [-0.05, 0) is 46.3 Å². The highest BCUT2D eigenvalue weighted by molar-refractivity contribution is 9.10. The lowest BCUT2D eigenvalue weighted by atomic mass is 10.2. The minimum atomic E-state index is -4.44. The average molecular weight is 351 g/mol. The monoisotopic (exact) mass is 350 g/mol. The lowest BCUT2D eigenvalue weighted by molar-refractivity contribution is -0.137. The van der Waals surface area contributed by atoms with Crippen molar-refractivity contribution in [2.45, 2.75) is 6.18 Å². The Morgan fingerprint density at radius 3 is 2.53 bits per heavy atom. The van der Waals surface area contributed by atoms with Gasteiger partial charge < -0.3 is 0 Å². The van der Waals surface area contributed by atoms with E-state index in [1.54, 1.807) is 0 Å². The van der Waals surface area contributed by atoms with E-state index in [4.69, 9.17) is 12.2 Å². The second-order valence-corrected chi connectivity index (χ2v) is 4.89. The van der Waals surface area contributed by atoms with Crippen molar-refractivity contribution in [1.82, 2.24) is 9.55 Å². The van der Waals surface area contributed by atoms with Gasteiger partial charge in [0.15, 0.2) is 4.77 Å². The Hall–Kier alpha value is -1.41. The molecule has 0 spiro atoms. The summed E-state index contributed by atoms with van der Waals surface area (Å²) in [6.45, 7) is 0. The summed E-state index contributed by atoms with van der Waals surface area (Å²) in [5, 5.41) is 0. The number of aromatic amines is 1. The van der Waals surface area contributed by atoms with E-state index in [0.717, 1.165) is 12.1 Å². The molecule has 0 atom stereocenters. The van der Waals surface area contributed by atoms with Crippen LogP contribution in [-0.2, 0) is 6.18 Å². The topological polar surface area (TPSA) is 37.8 Å². The molecular formula is C11H6BrF3N2OS. The summed E-state index contributed by atoms with van der Waals surface area (Å²) in [4.78, 5) is 13.4. The molecule has 0 aliphatic heterocycles. The van der Waals surface area contributed by atoms with Crippen molar-refractivity contribution < 1.29 is 13.2 Å². The Labute approximate surface area is 118 Å². The second-order valence-electron chi connectivity index (χ2n) is 3.64. The average Bonchev–Trinajstić information content (AvgIpc) is 2.29. The van der Waals surface area contributed by atoms with E-state index >= 15 is 0 Å².